The molecule has 272 valence electrons. The standard InChI is InChI=1S/C55H37N3/c1-35-32-49(57(39-17-6-4-7-18-39)40-19-8-5-9-20-40)47-30-31-48-50(33-36(2)53-46-25-15-14-24-45(46)52(35)54(47)55(48)53)58(41-28-26-38(56-3)27-29-41)51-34-37-16-10-11-21-42(37)43-22-12-13-23-44(43)51/h4-34H,1-2H3. The van der Waals surface area contributed by atoms with Crippen LogP contribution >= 0.6 is 0 Å². The van der Waals surface area contributed by atoms with E-state index in [4.69, 9.17) is 6.57 Å². The average molecular weight is 740 g/mol. The first-order chi connectivity index (χ1) is 28.6. The van der Waals surface area contributed by atoms with E-state index in [-0.39, 0.29) is 0 Å². The second kappa shape index (κ2) is 13.2. The van der Waals surface area contributed by atoms with E-state index >= 15 is 0 Å². The Labute approximate surface area is 337 Å². The molecule has 0 N–H and O–H groups in total. The van der Waals surface area contributed by atoms with Crippen LogP contribution in [0.25, 0.3) is 69.5 Å². The third-order valence-corrected chi connectivity index (χ3v) is 12.0. The molecule has 11 rings (SSSR count). The third kappa shape index (κ3) is 5.06. The van der Waals surface area contributed by atoms with Gasteiger partial charge in [-0.05, 0) is 117 Å². The summed E-state index contributed by atoms with van der Waals surface area (Å²) >= 11 is 0. The van der Waals surface area contributed by atoms with Crippen LogP contribution in [0.5, 0.6) is 0 Å². The molecule has 0 fully saturated rings. The lowest BCUT2D eigenvalue weighted by atomic mass is 9.84. The molecule has 11 aromatic rings. The van der Waals surface area contributed by atoms with Gasteiger partial charge >= 0.3 is 0 Å². The zero-order valence-electron chi connectivity index (χ0n) is 32.2. The fourth-order valence-electron chi connectivity index (χ4n) is 9.52. The van der Waals surface area contributed by atoms with Crippen LogP contribution in [0.3, 0.4) is 0 Å². The predicted molar refractivity (Wildman–Crippen MR) is 248 cm³/mol. The highest BCUT2D eigenvalue weighted by atomic mass is 15.2. The molecule has 0 bridgehead atoms. The van der Waals surface area contributed by atoms with Gasteiger partial charge in [0.2, 0.25) is 0 Å². The Bertz CT molecular complexity index is 3380. The second-order valence-corrected chi connectivity index (χ2v) is 15.3. The summed E-state index contributed by atoms with van der Waals surface area (Å²) in [6.07, 6.45) is 0. The number of fused-ring (bicyclic) bond motifs is 6. The summed E-state index contributed by atoms with van der Waals surface area (Å²) < 4.78 is 0. The van der Waals surface area contributed by atoms with E-state index in [0.29, 0.717) is 5.69 Å². The molecule has 0 saturated heterocycles. The van der Waals surface area contributed by atoms with E-state index in [1.165, 1.54) is 75.8 Å². The lowest BCUT2D eigenvalue weighted by molar-refractivity contribution is 1.29. The molecule has 0 saturated carbocycles. The van der Waals surface area contributed by atoms with Crippen molar-refractivity contribution in [3.63, 3.8) is 0 Å². The SMILES string of the molecule is [C-]#[N+]c1ccc(N(c2cc3ccccc3c3ccccc23)c2cc(C)c3c4ccccc4c4c(C)cc(N(c5ccccc5)c5ccccc5)c5ccc2c3c54)cc1. The molecular weight excluding hydrogens is 703 g/mol. The highest BCUT2D eigenvalue weighted by Gasteiger charge is 2.26. The number of nitrogens with zero attached hydrogens (tertiary/aromatic N) is 3. The molecule has 0 spiro atoms. The molecule has 0 atom stereocenters. The number of benzene rings is 11. The maximum absolute atomic E-state index is 7.75. The van der Waals surface area contributed by atoms with Crippen LogP contribution in [0.4, 0.5) is 39.8 Å². The number of para-hydroxylation sites is 2. The quantitative estimate of drug-likeness (QED) is 0.0955. The maximum Gasteiger partial charge on any atom is 0.187 e. The van der Waals surface area contributed by atoms with Crippen LogP contribution in [-0.2, 0) is 0 Å². The summed E-state index contributed by atoms with van der Waals surface area (Å²) in [4.78, 5) is 8.59. The fraction of sp³-hybridized carbons (Fsp3) is 0.0364. The van der Waals surface area contributed by atoms with E-state index in [9.17, 15) is 0 Å². The Kier molecular flexibility index (Phi) is 7.67. The molecule has 0 aliphatic rings. The first-order valence-corrected chi connectivity index (χ1v) is 19.8. The zero-order chi connectivity index (χ0) is 38.9. The molecule has 0 heterocycles. The summed E-state index contributed by atoms with van der Waals surface area (Å²) in [6, 6.07) is 67.7. The van der Waals surface area contributed by atoms with Gasteiger partial charge in [-0.3, -0.25) is 0 Å². The summed E-state index contributed by atoms with van der Waals surface area (Å²) in [5.41, 5.74) is 9.65. The summed E-state index contributed by atoms with van der Waals surface area (Å²) in [5, 5.41) is 14.8. The van der Waals surface area contributed by atoms with Crippen molar-refractivity contribution in [2.45, 2.75) is 13.8 Å². The monoisotopic (exact) mass is 739 g/mol. The molecule has 0 amide bonds. The van der Waals surface area contributed by atoms with Gasteiger partial charge in [0.25, 0.3) is 0 Å². The van der Waals surface area contributed by atoms with Crippen LogP contribution in [0.15, 0.2) is 188 Å². The summed E-state index contributed by atoms with van der Waals surface area (Å²) in [7, 11) is 0. The van der Waals surface area contributed by atoms with E-state index in [1.807, 2.05) is 12.1 Å². The van der Waals surface area contributed by atoms with Crippen molar-refractivity contribution >= 4 is 104 Å². The minimum atomic E-state index is 0.620. The molecule has 0 aliphatic heterocycles. The molecular formula is C55H37N3. The zero-order valence-corrected chi connectivity index (χ0v) is 32.2. The van der Waals surface area contributed by atoms with Gasteiger partial charge in [0.1, 0.15) is 0 Å². The van der Waals surface area contributed by atoms with Crippen molar-refractivity contribution in [3.8, 4) is 0 Å². The molecule has 0 radical (unpaired) electrons. The maximum atomic E-state index is 7.75. The molecule has 0 aliphatic carbocycles. The summed E-state index contributed by atoms with van der Waals surface area (Å²) in [6.45, 7) is 12.3. The van der Waals surface area contributed by atoms with Crippen molar-refractivity contribution < 1.29 is 0 Å². The second-order valence-electron chi connectivity index (χ2n) is 15.3. The number of hydrogen-bond acceptors (Lipinski definition) is 2. The number of hydrogen-bond donors (Lipinski definition) is 0. The van der Waals surface area contributed by atoms with Crippen LogP contribution in [0.2, 0.25) is 0 Å². The van der Waals surface area contributed by atoms with Crippen molar-refractivity contribution in [1.82, 2.24) is 0 Å². The Morgan fingerprint density at radius 3 is 1.33 bits per heavy atom. The van der Waals surface area contributed by atoms with Crippen molar-refractivity contribution in [1.29, 1.82) is 0 Å². The third-order valence-electron chi connectivity index (χ3n) is 12.0. The largest absolute Gasteiger partial charge is 0.310 e. The van der Waals surface area contributed by atoms with E-state index in [1.54, 1.807) is 0 Å². The molecule has 0 aromatic heterocycles. The molecule has 3 heteroatoms. The Hall–Kier alpha value is -7.67. The highest BCUT2D eigenvalue weighted by Crippen LogP contribution is 2.52. The van der Waals surface area contributed by atoms with Crippen LogP contribution in [0.1, 0.15) is 11.1 Å². The first kappa shape index (κ1) is 33.6. The van der Waals surface area contributed by atoms with Gasteiger partial charge in [-0.25, -0.2) is 4.85 Å². The van der Waals surface area contributed by atoms with Crippen molar-refractivity contribution in [2.75, 3.05) is 9.80 Å². The number of anilines is 6. The molecule has 3 nitrogen and oxygen atoms in total. The van der Waals surface area contributed by atoms with Gasteiger partial charge in [-0.2, -0.15) is 0 Å². The molecule has 11 aromatic carbocycles. The van der Waals surface area contributed by atoms with Gasteiger partial charge in [-0.15, -0.1) is 0 Å². The average Bonchev–Trinajstić information content (AvgIpc) is 3.28. The number of aryl methyl sites for hydroxylation is 2. The topological polar surface area (TPSA) is 10.8 Å². The minimum absolute atomic E-state index is 0.620. The smallest absolute Gasteiger partial charge is 0.187 e. The Morgan fingerprint density at radius 1 is 0.345 bits per heavy atom. The first-order valence-electron chi connectivity index (χ1n) is 19.8. The van der Waals surface area contributed by atoms with Crippen LogP contribution < -0.4 is 9.80 Å². The Morgan fingerprint density at radius 2 is 0.776 bits per heavy atom. The van der Waals surface area contributed by atoms with E-state index in [0.717, 1.165) is 34.1 Å². The van der Waals surface area contributed by atoms with Gasteiger partial charge < -0.3 is 9.80 Å². The minimum Gasteiger partial charge on any atom is -0.310 e. The van der Waals surface area contributed by atoms with Gasteiger partial charge in [0.05, 0.1) is 23.6 Å². The molecule has 58 heavy (non-hydrogen) atoms. The van der Waals surface area contributed by atoms with Crippen LogP contribution in [-0.4, -0.2) is 0 Å². The van der Waals surface area contributed by atoms with E-state index < -0.39 is 0 Å². The highest BCUT2D eigenvalue weighted by molar-refractivity contribution is 6.38. The lowest BCUT2D eigenvalue weighted by Gasteiger charge is -2.31. The van der Waals surface area contributed by atoms with Crippen molar-refractivity contribution in [3.05, 3.63) is 211 Å². The van der Waals surface area contributed by atoms with E-state index in [2.05, 4.69) is 204 Å². The van der Waals surface area contributed by atoms with Gasteiger partial charge in [0, 0.05) is 44.0 Å². The normalized spacial score (nSPS) is 11.6. The van der Waals surface area contributed by atoms with Crippen molar-refractivity contribution in [2.24, 2.45) is 0 Å². The Balaban J connectivity index is 1.30. The van der Waals surface area contributed by atoms with Gasteiger partial charge in [0.15, 0.2) is 5.69 Å². The van der Waals surface area contributed by atoms with Gasteiger partial charge in [-0.1, -0.05) is 133 Å². The number of rotatable bonds is 6. The summed E-state index contributed by atoms with van der Waals surface area (Å²) in [5.74, 6) is 0. The predicted octanol–water partition coefficient (Wildman–Crippen LogP) is 16.2. The fourth-order valence-corrected chi connectivity index (χ4v) is 9.52. The molecule has 0 unspecified atom stereocenters. The lowest BCUT2D eigenvalue weighted by Crippen LogP contribution is -2.12. The van der Waals surface area contributed by atoms with Crippen LogP contribution in [0, 0.1) is 20.4 Å².